The van der Waals surface area contributed by atoms with Crippen molar-refractivity contribution in [3.8, 4) is 11.5 Å². The van der Waals surface area contributed by atoms with Gasteiger partial charge >= 0.3 is 0 Å². The molecule has 212 valence electrons. The third-order valence-electron chi connectivity index (χ3n) is 6.94. The van der Waals surface area contributed by atoms with Crippen LogP contribution in [-0.2, 0) is 11.4 Å². The van der Waals surface area contributed by atoms with Gasteiger partial charge < -0.3 is 30.3 Å². The molecule has 3 N–H and O–H groups in total. The van der Waals surface area contributed by atoms with Gasteiger partial charge in [-0.15, -0.1) is 0 Å². The second-order valence-electron chi connectivity index (χ2n) is 9.75. The number of ether oxygens (including phenoxy) is 2. The van der Waals surface area contributed by atoms with Crippen molar-refractivity contribution < 1.29 is 14.3 Å². The summed E-state index contributed by atoms with van der Waals surface area (Å²) in [6.45, 7) is 4.74. The van der Waals surface area contributed by atoms with Gasteiger partial charge in [0.25, 0.3) is 0 Å². The lowest BCUT2D eigenvalue weighted by atomic mass is 10.0. The van der Waals surface area contributed by atoms with Crippen molar-refractivity contribution in [2.24, 2.45) is 10.7 Å². The van der Waals surface area contributed by atoms with Gasteiger partial charge in [0.2, 0.25) is 5.91 Å². The summed E-state index contributed by atoms with van der Waals surface area (Å²) >= 11 is 6.48. The van der Waals surface area contributed by atoms with Crippen LogP contribution in [0.4, 0.5) is 11.4 Å². The number of carbonyl (C=O) groups excluding carboxylic acids is 1. The highest BCUT2D eigenvalue weighted by molar-refractivity contribution is 6.32. The van der Waals surface area contributed by atoms with E-state index in [4.69, 9.17) is 26.8 Å². The fourth-order valence-corrected chi connectivity index (χ4v) is 5.02. The van der Waals surface area contributed by atoms with Crippen molar-refractivity contribution in [2.75, 3.05) is 45.7 Å². The number of aliphatic imine (C=N–C) groups is 1. The first kappa shape index (κ1) is 29.2. The molecule has 1 aliphatic heterocycles. The third kappa shape index (κ3) is 7.64. The molecule has 10 heteroatoms. The number of nitrogens with two attached hydrogens (primary N) is 1. The quantitative estimate of drug-likeness (QED) is 0.256. The standard InChI is InChI=1S/C30H37ClN6O3/c1-21(38)37(24-12-15-36(3)16-13-24)17-18-39-28-9-6-8-26(33-2)29(28)30(32)35-22-10-11-27(25(31)19-22)40-20-23-7-4-5-14-34-23/h4-11,14,19,24,33H,12-13,15-18,20H2,1-3H3,(H2,32,35). The van der Waals surface area contributed by atoms with Crippen molar-refractivity contribution in [1.29, 1.82) is 0 Å². The summed E-state index contributed by atoms with van der Waals surface area (Å²) in [6.07, 6.45) is 3.65. The Labute approximate surface area is 241 Å². The van der Waals surface area contributed by atoms with Gasteiger partial charge in [0.05, 0.1) is 28.5 Å². The second kappa shape index (κ2) is 14.0. The van der Waals surface area contributed by atoms with Gasteiger partial charge in [0.15, 0.2) is 0 Å². The van der Waals surface area contributed by atoms with Crippen LogP contribution in [0.15, 0.2) is 65.8 Å². The predicted molar refractivity (Wildman–Crippen MR) is 160 cm³/mol. The molecule has 0 aliphatic carbocycles. The minimum absolute atomic E-state index is 0.0627. The minimum Gasteiger partial charge on any atom is -0.491 e. The third-order valence-corrected chi connectivity index (χ3v) is 7.24. The van der Waals surface area contributed by atoms with Crippen LogP contribution in [0, 0.1) is 0 Å². The number of halogens is 1. The first-order valence-corrected chi connectivity index (χ1v) is 13.8. The molecule has 1 aromatic heterocycles. The van der Waals surface area contributed by atoms with Crippen molar-refractivity contribution in [3.05, 3.63) is 77.1 Å². The van der Waals surface area contributed by atoms with E-state index in [1.165, 1.54) is 0 Å². The van der Waals surface area contributed by atoms with Crippen LogP contribution >= 0.6 is 11.6 Å². The molecule has 2 aromatic carbocycles. The number of piperidine rings is 1. The zero-order valence-corrected chi connectivity index (χ0v) is 24.0. The van der Waals surface area contributed by atoms with Gasteiger partial charge in [-0.1, -0.05) is 23.7 Å². The van der Waals surface area contributed by atoms with Crippen LogP contribution in [0.5, 0.6) is 11.5 Å². The van der Waals surface area contributed by atoms with E-state index >= 15 is 0 Å². The lowest BCUT2D eigenvalue weighted by Crippen LogP contribution is -2.47. The number of likely N-dealkylation sites (tertiary alicyclic amines) is 1. The summed E-state index contributed by atoms with van der Waals surface area (Å²) in [7, 11) is 3.93. The van der Waals surface area contributed by atoms with Crippen LogP contribution < -0.4 is 20.5 Å². The van der Waals surface area contributed by atoms with Crippen molar-refractivity contribution in [1.82, 2.24) is 14.8 Å². The summed E-state index contributed by atoms with van der Waals surface area (Å²) in [5.41, 5.74) is 9.32. The van der Waals surface area contributed by atoms with Gasteiger partial charge in [-0.25, -0.2) is 4.99 Å². The summed E-state index contributed by atoms with van der Waals surface area (Å²) in [4.78, 5) is 25.5. The smallest absolute Gasteiger partial charge is 0.219 e. The Morgan fingerprint density at radius 1 is 1.15 bits per heavy atom. The molecular weight excluding hydrogens is 528 g/mol. The van der Waals surface area contributed by atoms with Crippen molar-refractivity contribution in [3.63, 3.8) is 0 Å². The van der Waals surface area contributed by atoms with Gasteiger partial charge in [0.1, 0.15) is 30.5 Å². The maximum Gasteiger partial charge on any atom is 0.219 e. The lowest BCUT2D eigenvalue weighted by Gasteiger charge is -2.36. The van der Waals surface area contributed by atoms with Gasteiger partial charge in [-0.05, 0) is 75.4 Å². The molecule has 40 heavy (non-hydrogen) atoms. The topological polar surface area (TPSA) is 105 Å². The van der Waals surface area contributed by atoms with E-state index in [-0.39, 0.29) is 17.8 Å². The molecule has 4 rings (SSSR count). The Morgan fingerprint density at radius 3 is 2.62 bits per heavy atom. The van der Waals surface area contributed by atoms with Crippen LogP contribution in [0.25, 0.3) is 0 Å². The molecule has 0 atom stereocenters. The van der Waals surface area contributed by atoms with Crippen LogP contribution in [0.1, 0.15) is 31.0 Å². The molecule has 3 aromatic rings. The largest absolute Gasteiger partial charge is 0.491 e. The summed E-state index contributed by atoms with van der Waals surface area (Å²) < 4.78 is 12.0. The average molecular weight is 565 g/mol. The van der Waals surface area contributed by atoms with Gasteiger partial charge in [-0.2, -0.15) is 0 Å². The molecule has 1 aliphatic rings. The fourth-order valence-electron chi connectivity index (χ4n) is 4.79. The number of amidine groups is 1. The Hall–Kier alpha value is -3.82. The van der Waals surface area contributed by atoms with E-state index in [1.807, 2.05) is 48.3 Å². The van der Waals surface area contributed by atoms with Gasteiger partial charge in [-0.3, -0.25) is 9.78 Å². The number of carbonyl (C=O) groups is 1. The Kier molecular flexibility index (Phi) is 10.2. The van der Waals surface area contributed by atoms with Gasteiger partial charge in [0, 0.05) is 31.9 Å². The predicted octanol–water partition coefficient (Wildman–Crippen LogP) is 4.71. The monoisotopic (exact) mass is 564 g/mol. The van der Waals surface area contributed by atoms with E-state index in [2.05, 4.69) is 27.2 Å². The van der Waals surface area contributed by atoms with E-state index < -0.39 is 0 Å². The molecule has 0 unspecified atom stereocenters. The highest BCUT2D eigenvalue weighted by Gasteiger charge is 2.25. The first-order chi connectivity index (χ1) is 19.4. The van der Waals surface area contributed by atoms with E-state index in [1.54, 1.807) is 31.3 Å². The Morgan fingerprint density at radius 2 is 1.95 bits per heavy atom. The number of aromatic nitrogens is 1. The molecule has 1 fully saturated rings. The molecule has 2 heterocycles. The van der Waals surface area contributed by atoms with E-state index in [0.717, 1.165) is 37.3 Å². The zero-order valence-electron chi connectivity index (χ0n) is 23.3. The number of rotatable bonds is 11. The summed E-state index contributed by atoms with van der Waals surface area (Å²) in [5, 5.41) is 3.58. The Balaban J connectivity index is 1.46. The average Bonchev–Trinajstić information content (AvgIpc) is 2.95. The molecular formula is C30H37ClN6O3. The number of nitrogens with zero attached hydrogens (tertiary/aromatic N) is 4. The second-order valence-corrected chi connectivity index (χ2v) is 10.2. The van der Waals surface area contributed by atoms with Crippen LogP contribution in [-0.4, -0.2) is 72.9 Å². The SMILES string of the molecule is CNc1cccc(OCCN(C(C)=O)C2CCN(C)CC2)c1C(N)=Nc1ccc(OCc2ccccn2)c(Cl)c1. The summed E-state index contributed by atoms with van der Waals surface area (Å²) in [5.74, 6) is 1.45. The molecule has 1 saturated heterocycles. The normalized spacial score (nSPS) is 14.6. The number of anilines is 1. The van der Waals surface area contributed by atoms with Crippen molar-refractivity contribution >= 4 is 34.7 Å². The number of hydrogen-bond acceptors (Lipinski definition) is 7. The number of amides is 1. The number of pyridine rings is 1. The molecule has 1 amide bonds. The summed E-state index contributed by atoms with van der Waals surface area (Å²) in [6, 6.07) is 16.8. The maximum atomic E-state index is 12.4. The van der Waals surface area contributed by atoms with Crippen molar-refractivity contribution in [2.45, 2.75) is 32.4 Å². The fraction of sp³-hybridized carbons (Fsp3) is 0.367. The van der Waals surface area contributed by atoms with E-state index in [9.17, 15) is 4.79 Å². The maximum absolute atomic E-state index is 12.4. The zero-order chi connectivity index (χ0) is 28.5. The molecule has 0 radical (unpaired) electrons. The highest BCUT2D eigenvalue weighted by atomic mass is 35.5. The van der Waals surface area contributed by atoms with E-state index in [0.29, 0.717) is 47.5 Å². The van der Waals surface area contributed by atoms with Crippen LogP contribution in [0.3, 0.4) is 0 Å². The molecule has 0 saturated carbocycles. The minimum atomic E-state index is 0.0627. The first-order valence-electron chi connectivity index (χ1n) is 13.4. The number of nitrogens with one attached hydrogen (secondary N) is 1. The Bertz CT molecular complexity index is 1310. The molecule has 0 bridgehead atoms. The highest BCUT2D eigenvalue weighted by Crippen LogP contribution is 2.32. The number of benzene rings is 2. The lowest BCUT2D eigenvalue weighted by molar-refractivity contribution is -0.132. The van der Waals surface area contributed by atoms with Crippen LogP contribution in [0.2, 0.25) is 5.02 Å². The molecule has 9 nitrogen and oxygen atoms in total. The molecule has 0 spiro atoms. The number of hydrogen-bond donors (Lipinski definition) is 2.